The van der Waals surface area contributed by atoms with E-state index in [2.05, 4.69) is 48.1 Å². The molecule has 0 spiro atoms. The van der Waals surface area contributed by atoms with Gasteiger partial charge in [0.2, 0.25) is 0 Å². The first kappa shape index (κ1) is 15.0. The Morgan fingerprint density at radius 3 is 2.30 bits per heavy atom. The van der Waals surface area contributed by atoms with Crippen LogP contribution in [0.15, 0.2) is 29.4 Å². The third-order valence-corrected chi connectivity index (χ3v) is 4.63. The zero-order valence-electron chi connectivity index (χ0n) is 12.5. The molecular formula is C16H21N3S. The summed E-state index contributed by atoms with van der Waals surface area (Å²) in [6, 6.07) is 8.46. The van der Waals surface area contributed by atoms with Gasteiger partial charge in [0.1, 0.15) is 0 Å². The molecular weight excluding hydrogens is 266 g/mol. The number of rotatable bonds is 4. The van der Waals surface area contributed by atoms with Crippen molar-refractivity contribution in [1.29, 1.82) is 0 Å². The van der Waals surface area contributed by atoms with Crippen molar-refractivity contribution in [1.82, 2.24) is 9.97 Å². The largest absolute Gasteiger partial charge is 0.329 e. The first-order valence-electron chi connectivity index (χ1n) is 6.76. The molecule has 0 aliphatic heterocycles. The van der Waals surface area contributed by atoms with Gasteiger partial charge in [0.05, 0.1) is 0 Å². The van der Waals surface area contributed by atoms with E-state index >= 15 is 0 Å². The van der Waals surface area contributed by atoms with Gasteiger partial charge in [-0.3, -0.25) is 0 Å². The summed E-state index contributed by atoms with van der Waals surface area (Å²) in [6.07, 6.45) is 0. The molecule has 0 saturated heterocycles. The number of hydrogen-bond donors (Lipinski definition) is 1. The Morgan fingerprint density at radius 2 is 1.75 bits per heavy atom. The quantitative estimate of drug-likeness (QED) is 0.690. The molecule has 2 rings (SSSR count). The number of nitrogens with two attached hydrogens (primary N) is 1. The Labute approximate surface area is 125 Å². The molecule has 0 amide bonds. The van der Waals surface area contributed by atoms with Crippen LogP contribution in [0.25, 0.3) is 0 Å². The molecule has 1 aromatic heterocycles. The summed E-state index contributed by atoms with van der Waals surface area (Å²) >= 11 is 1.64. The summed E-state index contributed by atoms with van der Waals surface area (Å²) in [5.41, 5.74) is 11.7. The maximum absolute atomic E-state index is 5.93. The van der Waals surface area contributed by atoms with Crippen molar-refractivity contribution in [3.63, 3.8) is 0 Å². The van der Waals surface area contributed by atoms with Gasteiger partial charge in [0.15, 0.2) is 5.16 Å². The Balaban J connectivity index is 2.27. The highest BCUT2D eigenvalue weighted by atomic mass is 32.2. The summed E-state index contributed by atoms with van der Waals surface area (Å²) < 4.78 is 0. The molecule has 0 bridgehead atoms. The van der Waals surface area contributed by atoms with Crippen LogP contribution in [-0.4, -0.2) is 16.5 Å². The number of benzene rings is 1. The molecule has 20 heavy (non-hydrogen) atoms. The number of aromatic nitrogens is 2. The van der Waals surface area contributed by atoms with Crippen LogP contribution in [0, 0.1) is 27.7 Å². The van der Waals surface area contributed by atoms with Gasteiger partial charge in [-0.05, 0) is 38.8 Å². The monoisotopic (exact) mass is 287 g/mol. The van der Waals surface area contributed by atoms with Crippen LogP contribution in [0.5, 0.6) is 0 Å². The maximum Gasteiger partial charge on any atom is 0.188 e. The molecule has 3 nitrogen and oxygen atoms in total. The van der Waals surface area contributed by atoms with Gasteiger partial charge in [-0.2, -0.15) is 0 Å². The van der Waals surface area contributed by atoms with Crippen LogP contribution in [0.2, 0.25) is 0 Å². The SMILES string of the molecule is Cc1cccc(C(CN)Sc2nc(C)c(C)c(C)n2)c1. The van der Waals surface area contributed by atoms with E-state index in [0.29, 0.717) is 6.54 Å². The summed E-state index contributed by atoms with van der Waals surface area (Å²) in [4.78, 5) is 9.13. The van der Waals surface area contributed by atoms with Gasteiger partial charge in [-0.15, -0.1) is 0 Å². The maximum atomic E-state index is 5.93. The molecule has 0 aliphatic rings. The van der Waals surface area contributed by atoms with Gasteiger partial charge in [0.25, 0.3) is 0 Å². The van der Waals surface area contributed by atoms with E-state index in [1.54, 1.807) is 11.8 Å². The molecule has 0 aliphatic carbocycles. The second kappa shape index (κ2) is 6.37. The first-order valence-corrected chi connectivity index (χ1v) is 7.64. The predicted molar refractivity (Wildman–Crippen MR) is 85.1 cm³/mol. The van der Waals surface area contributed by atoms with Crippen LogP contribution in [0.3, 0.4) is 0 Å². The molecule has 1 heterocycles. The fourth-order valence-corrected chi connectivity index (χ4v) is 3.06. The molecule has 0 radical (unpaired) electrons. The normalized spacial score (nSPS) is 12.4. The molecule has 1 atom stereocenters. The van der Waals surface area contributed by atoms with Crippen molar-refractivity contribution in [3.05, 3.63) is 52.3 Å². The zero-order chi connectivity index (χ0) is 14.7. The molecule has 0 fully saturated rings. The molecule has 4 heteroatoms. The Morgan fingerprint density at radius 1 is 1.10 bits per heavy atom. The highest BCUT2D eigenvalue weighted by Gasteiger charge is 2.14. The lowest BCUT2D eigenvalue weighted by Crippen LogP contribution is -2.10. The van der Waals surface area contributed by atoms with Crippen molar-refractivity contribution >= 4 is 11.8 Å². The third-order valence-electron chi connectivity index (χ3n) is 3.49. The van der Waals surface area contributed by atoms with Crippen molar-refractivity contribution in [3.8, 4) is 0 Å². The minimum absolute atomic E-state index is 0.191. The number of hydrogen-bond acceptors (Lipinski definition) is 4. The molecule has 1 unspecified atom stereocenters. The van der Waals surface area contributed by atoms with Crippen LogP contribution in [0.4, 0.5) is 0 Å². The van der Waals surface area contributed by atoms with E-state index < -0.39 is 0 Å². The number of nitrogens with zero attached hydrogens (tertiary/aromatic N) is 2. The Bertz CT molecular complexity index is 587. The molecule has 0 saturated carbocycles. The predicted octanol–water partition coefficient (Wildman–Crippen LogP) is 3.50. The average Bonchev–Trinajstić information content (AvgIpc) is 2.42. The van der Waals surface area contributed by atoms with Crippen LogP contribution >= 0.6 is 11.8 Å². The van der Waals surface area contributed by atoms with E-state index in [0.717, 1.165) is 22.1 Å². The van der Waals surface area contributed by atoms with E-state index in [9.17, 15) is 0 Å². The zero-order valence-corrected chi connectivity index (χ0v) is 13.3. The second-order valence-corrected chi connectivity index (χ2v) is 6.23. The standard InChI is InChI=1S/C16H21N3S/c1-10-6-5-7-14(8-10)15(9-17)20-16-18-12(3)11(2)13(4)19-16/h5-8,15H,9,17H2,1-4H3. The summed E-state index contributed by atoms with van der Waals surface area (Å²) in [7, 11) is 0. The molecule has 1 aromatic carbocycles. The van der Waals surface area contributed by atoms with Gasteiger partial charge < -0.3 is 5.73 Å². The van der Waals surface area contributed by atoms with Crippen molar-refractivity contribution < 1.29 is 0 Å². The van der Waals surface area contributed by atoms with Crippen LogP contribution in [0.1, 0.15) is 33.3 Å². The van der Waals surface area contributed by atoms with E-state index in [4.69, 9.17) is 5.73 Å². The average molecular weight is 287 g/mol. The van der Waals surface area contributed by atoms with E-state index in [1.165, 1.54) is 11.1 Å². The molecule has 2 N–H and O–H groups in total. The lowest BCUT2D eigenvalue weighted by atomic mass is 10.1. The highest BCUT2D eigenvalue weighted by molar-refractivity contribution is 7.99. The minimum atomic E-state index is 0.191. The van der Waals surface area contributed by atoms with E-state index in [1.807, 2.05) is 13.8 Å². The third kappa shape index (κ3) is 3.38. The lowest BCUT2D eigenvalue weighted by Gasteiger charge is -2.15. The Kier molecular flexibility index (Phi) is 4.78. The van der Waals surface area contributed by atoms with Gasteiger partial charge in [-0.1, -0.05) is 41.6 Å². The number of aryl methyl sites for hydroxylation is 3. The van der Waals surface area contributed by atoms with E-state index in [-0.39, 0.29) is 5.25 Å². The highest BCUT2D eigenvalue weighted by Crippen LogP contribution is 2.33. The molecule has 2 aromatic rings. The number of thioether (sulfide) groups is 1. The van der Waals surface area contributed by atoms with Gasteiger partial charge in [0, 0.05) is 23.2 Å². The first-order chi connectivity index (χ1) is 9.51. The fraction of sp³-hybridized carbons (Fsp3) is 0.375. The van der Waals surface area contributed by atoms with Crippen LogP contribution in [-0.2, 0) is 0 Å². The fourth-order valence-electron chi connectivity index (χ4n) is 2.04. The molecule has 106 valence electrons. The smallest absolute Gasteiger partial charge is 0.188 e. The summed E-state index contributed by atoms with van der Waals surface area (Å²) in [5.74, 6) is 0. The summed E-state index contributed by atoms with van der Waals surface area (Å²) in [5, 5.41) is 0.999. The topological polar surface area (TPSA) is 51.8 Å². The summed E-state index contributed by atoms with van der Waals surface area (Å²) in [6.45, 7) is 8.78. The van der Waals surface area contributed by atoms with Crippen molar-refractivity contribution in [2.75, 3.05) is 6.54 Å². The van der Waals surface area contributed by atoms with Gasteiger partial charge >= 0.3 is 0 Å². The van der Waals surface area contributed by atoms with Crippen molar-refractivity contribution in [2.45, 2.75) is 38.1 Å². The lowest BCUT2D eigenvalue weighted by molar-refractivity contribution is 0.863. The van der Waals surface area contributed by atoms with Crippen molar-refractivity contribution in [2.24, 2.45) is 5.73 Å². The second-order valence-electron chi connectivity index (χ2n) is 5.06. The minimum Gasteiger partial charge on any atom is -0.329 e. The van der Waals surface area contributed by atoms with Gasteiger partial charge in [-0.25, -0.2) is 9.97 Å². The Hall–Kier alpha value is -1.39. The van der Waals surface area contributed by atoms with Crippen LogP contribution < -0.4 is 5.73 Å².